The van der Waals surface area contributed by atoms with E-state index in [-0.39, 0.29) is 19.0 Å². The van der Waals surface area contributed by atoms with Crippen molar-refractivity contribution in [3.8, 4) is 5.75 Å². The largest absolute Gasteiger partial charge is 0.487 e. The summed E-state index contributed by atoms with van der Waals surface area (Å²) in [6.45, 7) is 0.119. The molecule has 4 heteroatoms. The van der Waals surface area contributed by atoms with E-state index < -0.39 is 0 Å². The third kappa shape index (κ3) is 3.89. The molecule has 0 amide bonds. The second-order valence-electron chi connectivity index (χ2n) is 2.63. The standard InChI is InChI=1S/C10H11BrFNO/c11-8-1-3-10(4-2-8)14-7-9(12)5-6-13/h1-5H,6-7,13H2. The van der Waals surface area contributed by atoms with Crippen molar-refractivity contribution < 1.29 is 9.13 Å². The molecule has 14 heavy (non-hydrogen) atoms. The zero-order valence-electron chi connectivity index (χ0n) is 7.54. The number of rotatable bonds is 4. The maximum absolute atomic E-state index is 12.8. The van der Waals surface area contributed by atoms with Crippen LogP contribution in [-0.2, 0) is 0 Å². The van der Waals surface area contributed by atoms with Gasteiger partial charge >= 0.3 is 0 Å². The number of benzene rings is 1. The lowest BCUT2D eigenvalue weighted by Crippen LogP contribution is -2.01. The van der Waals surface area contributed by atoms with Gasteiger partial charge in [0, 0.05) is 11.0 Å². The van der Waals surface area contributed by atoms with Crippen molar-refractivity contribution in [2.75, 3.05) is 13.2 Å². The lowest BCUT2D eigenvalue weighted by Gasteiger charge is -2.03. The van der Waals surface area contributed by atoms with Gasteiger partial charge in [-0.05, 0) is 30.3 Å². The molecule has 0 fully saturated rings. The quantitative estimate of drug-likeness (QED) is 0.903. The molecule has 0 aliphatic rings. The molecular weight excluding hydrogens is 249 g/mol. The van der Waals surface area contributed by atoms with Crippen molar-refractivity contribution in [2.45, 2.75) is 0 Å². The van der Waals surface area contributed by atoms with E-state index in [0.717, 1.165) is 4.47 Å². The Balaban J connectivity index is 2.46. The summed E-state index contributed by atoms with van der Waals surface area (Å²) < 4.78 is 18.9. The third-order valence-corrected chi connectivity index (χ3v) is 2.06. The molecule has 0 aromatic heterocycles. The first-order valence-corrected chi connectivity index (χ1v) is 4.94. The first-order chi connectivity index (χ1) is 6.72. The minimum Gasteiger partial charge on any atom is -0.487 e. The Hall–Kier alpha value is -0.870. The summed E-state index contributed by atoms with van der Waals surface area (Å²) in [4.78, 5) is 0. The average Bonchev–Trinajstić information content (AvgIpc) is 2.17. The van der Waals surface area contributed by atoms with Gasteiger partial charge in [-0.3, -0.25) is 0 Å². The summed E-state index contributed by atoms with van der Waals surface area (Å²) >= 11 is 3.29. The van der Waals surface area contributed by atoms with Gasteiger partial charge in [-0.2, -0.15) is 0 Å². The van der Waals surface area contributed by atoms with Crippen molar-refractivity contribution >= 4 is 15.9 Å². The smallest absolute Gasteiger partial charge is 0.139 e. The van der Waals surface area contributed by atoms with Crippen LogP contribution in [0, 0.1) is 0 Å². The maximum Gasteiger partial charge on any atom is 0.139 e. The number of hydrogen-bond donors (Lipinski definition) is 1. The SMILES string of the molecule is NCC=C(F)COc1ccc(Br)cc1. The normalized spacial score (nSPS) is 11.5. The van der Waals surface area contributed by atoms with E-state index in [4.69, 9.17) is 10.5 Å². The predicted molar refractivity (Wildman–Crippen MR) is 57.9 cm³/mol. The van der Waals surface area contributed by atoms with Gasteiger partial charge < -0.3 is 10.5 Å². The van der Waals surface area contributed by atoms with Gasteiger partial charge in [-0.1, -0.05) is 15.9 Å². The molecule has 0 saturated heterocycles. The van der Waals surface area contributed by atoms with Gasteiger partial charge in [-0.25, -0.2) is 4.39 Å². The summed E-state index contributed by atoms with van der Waals surface area (Å²) in [7, 11) is 0. The van der Waals surface area contributed by atoms with Crippen LogP contribution in [-0.4, -0.2) is 13.2 Å². The van der Waals surface area contributed by atoms with Crippen LogP contribution in [0.2, 0.25) is 0 Å². The highest BCUT2D eigenvalue weighted by molar-refractivity contribution is 9.10. The minimum atomic E-state index is -0.351. The van der Waals surface area contributed by atoms with Crippen LogP contribution in [0.1, 0.15) is 0 Å². The van der Waals surface area contributed by atoms with E-state index in [0.29, 0.717) is 5.75 Å². The monoisotopic (exact) mass is 259 g/mol. The molecule has 0 radical (unpaired) electrons. The van der Waals surface area contributed by atoms with Gasteiger partial charge in [0.1, 0.15) is 18.2 Å². The van der Waals surface area contributed by atoms with Gasteiger partial charge in [-0.15, -0.1) is 0 Å². The Kier molecular flexibility index (Phi) is 4.62. The van der Waals surface area contributed by atoms with Crippen LogP contribution in [0.3, 0.4) is 0 Å². The first kappa shape index (κ1) is 11.2. The molecule has 0 saturated carbocycles. The van der Waals surface area contributed by atoms with Crippen LogP contribution in [0.5, 0.6) is 5.75 Å². The summed E-state index contributed by atoms with van der Waals surface area (Å²) in [6.07, 6.45) is 1.29. The Morgan fingerprint density at radius 1 is 1.43 bits per heavy atom. The molecule has 0 aliphatic heterocycles. The summed E-state index contributed by atoms with van der Waals surface area (Å²) in [5, 5.41) is 0. The molecule has 2 nitrogen and oxygen atoms in total. The molecule has 1 aromatic rings. The van der Waals surface area contributed by atoms with Gasteiger partial charge in [0.25, 0.3) is 0 Å². The zero-order valence-corrected chi connectivity index (χ0v) is 9.13. The Morgan fingerprint density at radius 2 is 2.07 bits per heavy atom. The fourth-order valence-electron chi connectivity index (χ4n) is 0.870. The predicted octanol–water partition coefficient (Wildman–Crippen LogP) is 2.64. The van der Waals surface area contributed by atoms with E-state index in [1.54, 1.807) is 12.1 Å². The molecule has 0 heterocycles. The van der Waals surface area contributed by atoms with Crippen LogP contribution < -0.4 is 10.5 Å². The number of hydrogen-bond acceptors (Lipinski definition) is 2. The van der Waals surface area contributed by atoms with Gasteiger partial charge in [0.15, 0.2) is 0 Å². The van der Waals surface area contributed by atoms with Crippen molar-refractivity contribution in [2.24, 2.45) is 5.73 Å². The Morgan fingerprint density at radius 3 is 2.64 bits per heavy atom. The lowest BCUT2D eigenvalue weighted by molar-refractivity contribution is 0.318. The van der Waals surface area contributed by atoms with Crippen LogP contribution >= 0.6 is 15.9 Å². The summed E-state index contributed by atoms with van der Waals surface area (Å²) in [5.74, 6) is 0.282. The first-order valence-electron chi connectivity index (χ1n) is 4.15. The van der Waals surface area contributed by atoms with E-state index in [1.807, 2.05) is 12.1 Å². The molecule has 76 valence electrons. The Labute approximate surface area is 90.7 Å². The number of ether oxygens (including phenoxy) is 1. The van der Waals surface area contributed by atoms with E-state index in [2.05, 4.69) is 15.9 Å². The molecule has 0 bridgehead atoms. The van der Waals surface area contributed by atoms with Crippen LogP contribution in [0.15, 0.2) is 40.6 Å². The summed E-state index contributed by atoms with van der Waals surface area (Å²) in [5.41, 5.74) is 5.14. The lowest BCUT2D eigenvalue weighted by atomic mass is 10.3. The highest BCUT2D eigenvalue weighted by Gasteiger charge is 1.96. The van der Waals surface area contributed by atoms with Crippen molar-refractivity contribution in [1.82, 2.24) is 0 Å². The second kappa shape index (κ2) is 5.78. The molecule has 1 rings (SSSR count). The molecule has 1 aromatic carbocycles. The van der Waals surface area contributed by atoms with Crippen molar-refractivity contribution in [1.29, 1.82) is 0 Å². The van der Waals surface area contributed by atoms with E-state index >= 15 is 0 Å². The minimum absolute atomic E-state index is 0.0706. The maximum atomic E-state index is 12.8. The van der Waals surface area contributed by atoms with Crippen molar-refractivity contribution in [3.63, 3.8) is 0 Å². The fourth-order valence-corrected chi connectivity index (χ4v) is 1.13. The zero-order chi connectivity index (χ0) is 10.4. The molecular formula is C10H11BrFNO. The molecule has 0 unspecified atom stereocenters. The van der Waals surface area contributed by atoms with Crippen LogP contribution in [0.25, 0.3) is 0 Å². The van der Waals surface area contributed by atoms with Gasteiger partial charge in [0.2, 0.25) is 0 Å². The third-order valence-electron chi connectivity index (χ3n) is 1.53. The fraction of sp³-hybridized carbons (Fsp3) is 0.200. The average molecular weight is 260 g/mol. The number of nitrogens with two attached hydrogens (primary N) is 1. The highest BCUT2D eigenvalue weighted by Crippen LogP contribution is 2.16. The van der Waals surface area contributed by atoms with E-state index in [1.165, 1.54) is 6.08 Å². The van der Waals surface area contributed by atoms with Crippen LogP contribution in [0.4, 0.5) is 4.39 Å². The van der Waals surface area contributed by atoms with Gasteiger partial charge in [0.05, 0.1) is 0 Å². The second-order valence-corrected chi connectivity index (χ2v) is 3.54. The van der Waals surface area contributed by atoms with Crippen molar-refractivity contribution in [3.05, 3.63) is 40.6 Å². The Bertz CT molecular complexity index is 310. The summed E-state index contributed by atoms with van der Waals surface area (Å²) in [6, 6.07) is 7.19. The molecule has 0 spiro atoms. The number of halogens is 2. The molecule has 0 atom stereocenters. The molecule has 2 N–H and O–H groups in total. The topological polar surface area (TPSA) is 35.2 Å². The molecule has 0 aliphatic carbocycles. The highest BCUT2D eigenvalue weighted by atomic mass is 79.9. The van der Waals surface area contributed by atoms with E-state index in [9.17, 15) is 4.39 Å².